The van der Waals surface area contributed by atoms with Gasteiger partial charge in [-0.25, -0.2) is 13.4 Å². The van der Waals surface area contributed by atoms with Crippen molar-refractivity contribution >= 4 is 15.7 Å². The Morgan fingerprint density at radius 1 is 0.964 bits per heavy atom. The number of benzene rings is 1. The molecule has 3 heterocycles. The van der Waals surface area contributed by atoms with Gasteiger partial charge < -0.3 is 4.90 Å². The molecule has 7 heteroatoms. The Morgan fingerprint density at radius 2 is 1.64 bits per heavy atom. The molecule has 6 nitrogen and oxygen atoms in total. The molecule has 0 radical (unpaired) electrons. The standard InChI is InChI=1S/C21H28N4O2S/c1-28(26,27)19-8-12-24(13-9-19)16-17-4-6-18(7-5-17)20-14-23-21(15-22-20)25-10-2-3-11-25/h4-7,14-15,19H,2-3,8-13,16H2,1H3. The van der Waals surface area contributed by atoms with E-state index in [9.17, 15) is 8.42 Å². The first kappa shape index (κ1) is 19.3. The number of anilines is 1. The second-order valence-electron chi connectivity index (χ2n) is 7.96. The molecular weight excluding hydrogens is 372 g/mol. The first-order valence-electron chi connectivity index (χ1n) is 10.1. The van der Waals surface area contributed by atoms with Crippen LogP contribution in [0.5, 0.6) is 0 Å². The van der Waals surface area contributed by atoms with E-state index in [1.165, 1.54) is 24.7 Å². The summed E-state index contributed by atoms with van der Waals surface area (Å²) in [5.74, 6) is 0.968. The highest BCUT2D eigenvalue weighted by molar-refractivity contribution is 7.91. The van der Waals surface area contributed by atoms with Gasteiger partial charge in [-0.3, -0.25) is 9.88 Å². The molecule has 0 unspecified atom stereocenters. The molecule has 2 fully saturated rings. The first-order chi connectivity index (χ1) is 13.5. The quantitative estimate of drug-likeness (QED) is 0.769. The number of nitrogens with zero attached hydrogens (tertiary/aromatic N) is 4. The van der Waals surface area contributed by atoms with Gasteiger partial charge in [0.2, 0.25) is 0 Å². The van der Waals surface area contributed by atoms with Crippen molar-refractivity contribution < 1.29 is 8.42 Å². The molecule has 1 aromatic heterocycles. The summed E-state index contributed by atoms with van der Waals surface area (Å²) >= 11 is 0. The second-order valence-corrected chi connectivity index (χ2v) is 10.3. The number of hydrogen-bond acceptors (Lipinski definition) is 6. The van der Waals surface area contributed by atoms with Crippen LogP contribution >= 0.6 is 0 Å². The molecule has 0 saturated carbocycles. The third kappa shape index (κ3) is 4.52. The first-order valence-corrected chi connectivity index (χ1v) is 12.0. The molecule has 0 aliphatic carbocycles. The minimum absolute atomic E-state index is 0.173. The summed E-state index contributed by atoms with van der Waals surface area (Å²) in [6.07, 6.45) is 9.02. The summed E-state index contributed by atoms with van der Waals surface area (Å²) in [4.78, 5) is 13.8. The molecule has 0 spiro atoms. The lowest BCUT2D eigenvalue weighted by molar-refractivity contribution is 0.222. The van der Waals surface area contributed by atoms with E-state index < -0.39 is 9.84 Å². The van der Waals surface area contributed by atoms with Crippen LogP contribution in [-0.4, -0.2) is 61.0 Å². The molecule has 4 rings (SSSR count). The van der Waals surface area contributed by atoms with E-state index in [-0.39, 0.29) is 5.25 Å². The minimum atomic E-state index is -2.91. The summed E-state index contributed by atoms with van der Waals surface area (Å²) in [6, 6.07) is 8.46. The Hall–Kier alpha value is -1.99. The predicted molar refractivity (Wildman–Crippen MR) is 112 cm³/mol. The Labute approximate surface area is 167 Å². The van der Waals surface area contributed by atoms with Crippen LogP contribution in [-0.2, 0) is 16.4 Å². The zero-order chi connectivity index (χ0) is 19.6. The van der Waals surface area contributed by atoms with E-state index in [1.807, 2.05) is 12.4 Å². The van der Waals surface area contributed by atoms with Gasteiger partial charge in [0.25, 0.3) is 0 Å². The smallest absolute Gasteiger partial charge is 0.150 e. The SMILES string of the molecule is CS(=O)(=O)C1CCN(Cc2ccc(-c3cnc(N4CCCC4)cn3)cc2)CC1. The zero-order valence-corrected chi connectivity index (χ0v) is 17.2. The van der Waals surface area contributed by atoms with Crippen molar-refractivity contribution in [3.8, 4) is 11.3 Å². The Morgan fingerprint density at radius 3 is 2.21 bits per heavy atom. The highest BCUT2D eigenvalue weighted by Gasteiger charge is 2.26. The maximum atomic E-state index is 11.7. The molecule has 0 atom stereocenters. The monoisotopic (exact) mass is 400 g/mol. The van der Waals surface area contributed by atoms with Crippen LogP contribution in [0, 0.1) is 0 Å². The van der Waals surface area contributed by atoms with Gasteiger partial charge in [0.1, 0.15) is 15.7 Å². The van der Waals surface area contributed by atoms with Crippen LogP contribution in [0.2, 0.25) is 0 Å². The molecule has 0 bridgehead atoms. The van der Waals surface area contributed by atoms with Crippen LogP contribution in [0.3, 0.4) is 0 Å². The summed E-state index contributed by atoms with van der Waals surface area (Å²) < 4.78 is 23.4. The van der Waals surface area contributed by atoms with Crippen molar-refractivity contribution in [3.63, 3.8) is 0 Å². The lowest BCUT2D eigenvalue weighted by atomic mass is 10.1. The van der Waals surface area contributed by atoms with Gasteiger partial charge >= 0.3 is 0 Å². The van der Waals surface area contributed by atoms with Gasteiger partial charge in [-0.2, -0.15) is 0 Å². The van der Waals surface area contributed by atoms with E-state index in [0.29, 0.717) is 0 Å². The van der Waals surface area contributed by atoms with Crippen molar-refractivity contribution in [1.82, 2.24) is 14.9 Å². The average Bonchev–Trinajstić information content (AvgIpc) is 3.23. The van der Waals surface area contributed by atoms with Gasteiger partial charge in [0.05, 0.1) is 23.3 Å². The fourth-order valence-corrected chi connectivity index (χ4v) is 5.18. The molecule has 2 saturated heterocycles. The predicted octanol–water partition coefficient (Wildman–Crippen LogP) is 2.75. The number of rotatable bonds is 5. The van der Waals surface area contributed by atoms with Crippen LogP contribution in [0.25, 0.3) is 11.3 Å². The fourth-order valence-electron chi connectivity index (χ4n) is 4.11. The molecule has 150 valence electrons. The lowest BCUT2D eigenvalue weighted by Crippen LogP contribution is -2.38. The highest BCUT2D eigenvalue weighted by atomic mass is 32.2. The zero-order valence-electron chi connectivity index (χ0n) is 16.4. The largest absolute Gasteiger partial charge is 0.355 e. The maximum Gasteiger partial charge on any atom is 0.150 e. The Kier molecular flexibility index (Phi) is 5.64. The van der Waals surface area contributed by atoms with Gasteiger partial charge in [0, 0.05) is 31.5 Å². The maximum absolute atomic E-state index is 11.7. The molecule has 2 aromatic rings. The van der Waals surface area contributed by atoms with Gasteiger partial charge in [-0.05, 0) is 44.3 Å². The third-order valence-corrected chi connectivity index (χ3v) is 7.55. The molecule has 0 amide bonds. The van der Waals surface area contributed by atoms with Crippen molar-refractivity contribution in [2.75, 3.05) is 37.3 Å². The second kappa shape index (κ2) is 8.17. The fraction of sp³-hybridized carbons (Fsp3) is 0.524. The molecule has 2 aliphatic rings. The number of hydrogen-bond donors (Lipinski definition) is 0. The van der Waals surface area contributed by atoms with E-state index >= 15 is 0 Å². The minimum Gasteiger partial charge on any atom is -0.355 e. The summed E-state index contributed by atoms with van der Waals surface area (Å²) in [5, 5.41) is -0.173. The number of aromatic nitrogens is 2. The Bertz CT molecular complexity index is 883. The number of piperidine rings is 1. The van der Waals surface area contributed by atoms with E-state index in [0.717, 1.165) is 62.6 Å². The van der Waals surface area contributed by atoms with Crippen LogP contribution in [0.1, 0.15) is 31.2 Å². The van der Waals surface area contributed by atoms with Gasteiger partial charge in [0.15, 0.2) is 0 Å². The van der Waals surface area contributed by atoms with Crippen molar-refractivity contribution in [2.24, 2.45) is 0 Å². The van der Waals surface area contributed by atoms with Gasteiger partial charge in [-0.1, -0.05) is 24.3 Å². The molecule has 1 aromatic carbocycles. The van der Waals surface area contributed by atoms with Gasteiger partial charge in [-0.15, -0.1) is 0 Å². The number of likely N-dealkylation sites (tertiary alicyclic amines) is 1. The molecule has 2 aliphatic heterocycles. The van der Waals surface area contributed by atoms with Crippen molar-refractivity contribution in [2.45, 2.75) is 37.5 Å². The third-order valence-electron chi connectivity index (χ3n) is 5.86. The van der Waals surface area contributed by atoms with Crippen LogP contribution < -0.4 is 4.90 Å². The van der Waals surface area contributed by atoms with Crippen molar-refractivity contribution in [1.29, 1.82) is 0 Å². The normalized spacial score (nSPS) is 19.2. The lowest BCUT2D eigenvalue weighted by Gasteiger charge is -2.31. The van der Waals surface area contributed by atoms with E-state index in [4.69, 9.17) is 0 Å². The highest BCUT2D eigenvalue weighted by Crippen LogP contribution is 2.23. The van der Waals surface area contributed by atoms with Crippen molar-refractivity contribution in [3.05, 3.63) is 42.2 Å². The van der Waals surface area contributed by atoms with E-state index in [1.54, 1.807) is 0 Å². The topological polar surface area (TPSA) is 66.4 Å². The van der Waals surface area contributed by atoms with Crippen LogP contribution in [0.4, 0.5) is 5.82 Å². The van der Waals surface area contributed by atoms with Crippen LogP contribution in [0.15, 0.2) is 36.7 Å². The van der Waals surface area contributed by atoms with E-state index in [2.05, 4.69) is 44.0 Å². The summed E-state index contributed by atoms with van der Waals surface area (Å²) in [5.41, 5.74) is 3.20. The summed E-state index contributed by atoms with van der Waals surface area (Å²) in [7, 11) is -2.91. The Balaban J connectivity index is 1.35. The molecule has 28 heavy (non-hydrogen) atoms. The summed E-state index contributed by atoms with van der Waals surface area (Å²) in [6.45, 7) is 4.68. The number of sulfone groups is 1. The molecule has 0 N–H and O–H groups in total. The average molecular weight is 401 g/mol. The molecular formula is C21H28N4O2S.